The maximum Gasteiger partial charge on any atom is 0.349 e. The van der Waals surface area contributed by atoms with Gasteiger partial charge in [0.2, 0.25) is 5.91 Å². The fourth-order valence-corrected chi connectivity index (χ4v) is 2.20. The third-order valence-corrected chi connectivity index (χ3v) is 3.45. The fraction of sp³-hybridized carbons (Fsp3) is 0.353. The van der Waals surface area contributed by atoms with Gasteiger partial charge in [0.1, 0.15) is 11.1 Å². The van der Waals surface area contributed by atoms with Crippen molar-refractivity contribution in [3.05, 3.63) is 46.3 Å². The monoisotopic (exact) mass is 332 g/mol. The van der Waals surface area contributed by atoms with E-state index in [1.807, 2.05) is 0 Å². The predicted octanol–water partition coefficient (Wildman–Crippen LogP) is 1.02. The van der Waals surface area contributed by atoms with E-state index in [0.29, 0.717) is 30.5 Å². The molecule has 0 bridgehead atoms. The topological polar surface area (TPSA) is 88.8 Å². The maximum absolute atomic E-state index is 12.4. The SMILES string of the molecule is COCCCNC(=O)CN(C)C(=O)c1cc2ccccc2oc1=O. The molecule has 1 heterocycles. The van der Waals surface area contributed by atoms with E-state index >= 15 is 0 Å². The normalized spacial score (nSPS) is 10.6. The average Bonchev–Trinajstić information content (AvgIpc) is 2.57. The van der Waals surface area contributed by atoms with Crippen LogP contribution in [-0.2, 0) is 9.53 Å². The number of para-hydroxylation sites is 1. The minimum Gasteiger partial charge on any atom is -0.422 e. The van der Waals surface area contributed by atoms with Gasteiger partial charge in [-0.2, -0.15) is 0 Å². The first kappa shape index (κ1) is 17.7. The van der Waals surface area contributed by atoms with Crippen molar-refractivity contribution in [2.75, 3.05) is 33.9 Å². The van der Waals surface area contributed by atoms with Crippen LogP contribution in [0.2, 0.25) is 0 Å². The molecular formula is C17H20N2O5. The lowest BCUT2D eigenvalue weighted by atomic mass is 10.1. The average molecular weight is 332 g/mol. The van der Waals surface area contributed by atoms with Crippen LogP contribution in [0.1, 0.15) is 16.8 Å². The van der Waals surface area contributed by atoms with Crippen molar-refractivity contribution in [1.82, 2.24) is 10.2 Å². The molecule has 2 amide bonds. The van der Waals surface area contributed by atoms with Crippen molar-refractivity contribution in [3.63, 3.8) is 0 Å². The minimum atomic E-state index is -0.717. The Kier molecular flexibility index (Phi) is 6.08. The Labute approximate surface area is 139 Å². The molecule has 1 aromatic heterocycles. The van der Waals surface area contributed by atoms with Crippen LogP contribution in [0, 0.1) is 0 Å². The highest BCUT2D eigenvalue weighted by Gasteiger charge is 2.19. The van der Waals surface area contributed by atoms with Gasteiger partial charge in [0.25, 0.3) is 5.91 Å². The summed E-state index contributed by atoms with van der Waals surface area (Å²) in [4.78, 5) is 37.4. The van der Waals surface area contributed by atoms with Gasteiger partial charge < -0.3 is 19.4 Å². The Morgan fingerprint density at radius 3 is 2.79 bits per heavy atom. The van der Waals surface area contributed by atoms with Gasteiger partial charge in [-0.05, 0) is 18.6 Å². The molecule has 7 heteroatoms. The Morgan fingerprint density at radius 2 is 2.04 bits per heavy atom. The van der Waals surface area contributed by atoms with E-state index in [1.165, 1.54) is 18.0 Å². The summed E-state index contributed by atoms with van der Waals surface area (Å²) in [5, 5.41) is 3.34. The van der Waals surface area contributed by atoms with E-state index in [9.17, 15) is 14.4 Å². The molecule has 0 aliphatic rings. The Bertz CT molecular complexity index is 784. The van der Waals surface area contributed by atoms with Gasteiger partial charge in [-0.15, -0.1) is 0 Å². The second kappa shape index (κ2) is 8.26. The Balaban J connectivity index is 2.04. The molecule has 2 rings (SSSR count). The number of amides is 2. The second-order valence-corrected chi connectivity index (χ2v) is 5.34. The molecule has 7 nitrogen and oxygen atoms in total. The standard InChI is InChI=1S/C17H20N2O5/c1-19(11-15(20)18-8-5-9-23-2)16(21)13-10-12-6-3-4-7-14(12)24-17(13)22/h3-4,6-7,10H,5,8-9,11H2,1-2H3,(H,18,20). The van der Waals surface area contributed by atoms with Crippen LogP contribution in [0.3, 0.4) is 0 Å². The van der Waals surface area contributed by atoms with Crippen LogP contribution < -0.4 is 10.9 Å². The third kappa shape index (κ3) is 4.42. The minimum absolute atomic E-state index is 0.0941. The highest BCUT2D eigenvalue weighted by atomic mass is 16.5. The van der Waals surface area contributed by atoms with Crippen molar-refractivity contribution in [2.45, 2.75) is 6.42 Å². The Hall–Kier alpha value is -2.67. The van der Waals surface area contributed by atoms with E-state index in [-0.39, 0.29) is 18.0 Å². The maximum atomic E-state index is 12.4. The van der Waals surface area contributed by atoms with E-state index in [1.54, 1.807) is 31.4 Å². The van der Waals surface area contributed by atoms with Crippen LogP contribution >= 0.6 is 0 Å². The van der Waals surface area contributed by atoms with Crippen LogP contribution in [0.5, 0.6) is 0 Å². The quantitative estimate of drug-likeness (QED) is 0.604. The lowest BCUT2D eigenvalue weighted by Gasteiger charge is -2.16. The molecule has 0 aliphatic heterocycles. The zero-order chi connectivity index (χ0) is 17.5. The predicted molar refractivity (Wildman–Crippen MR) is 88.9 cm³/mol. The van der Waals surface area contributed by atoms with E-state index in [2.05, 4.69) is 5.32 Å². The number of hydrogen-bond acceptors (Lipinski definition) is 5. The molecule has 0 aliphatic carbocycles. The molecule has 128 valence electrons. The smallest absolute Gasteiger partial charge is 0.349 e. The number of nitrogens with zero attached hydrogens (tertiary/aromatic N) is 1. The number of ether oxygens (including phenoxy) is 1. The number of likely N-dealkylation sites (N-methyl/N-ethyl adjacent to an activating group) is 1. The van der Waals surface area contributed by atoms with E-state index in [0.717, 1.165) is 0 Å². The van der Waals surface area contributed by atoms with Crippen molar-refractivity contribution in [2.24, 2.45) is 0 Å². The fourth-order valence-electron chi connectivity index (χ4n) is 2.20. The zero-order valence-electron chi connectivity index (χ0n) is 13.7. The van der Waals surface area contributed by atoms with Crippen LogP contribution in [0.4, 0.5) is 0 Å². The zero-order valence-corrected chi connectivity index (χ0v) is 13.7. The number of benzene rings is 1. The molecular weight excluding hydrogens is 312 g/mol. The van der Waals surface area contributed by atoms with Crippen LogP contribution in [0.25, 0.3) is 11.0 Å². The van der Waals surface area contributed by atoms with Gasteiger partial charge in [0.05, 0.1) is 6.54 Å². The van der Waals surface area contributed by atoms with Crippen molar-refractivity contribution < 1.29 is 18.7 Å². The molecule has 0 saturated heterocycles. The number of rotatable bonds is 7. The molecule has 0 unspecified atom stereocenters. The molecule has 0 radical (unpaired) electrons. The van der Waals surface area contributed by atoms with Crippen LogP contribution in [0.15, 0.2) is 39.5 Å². The number of hydrogen-bond donors (Lipinski definition) is 1. The summed E-state index contributed by atoms with van der Waals surface area (Å²) >= 11 is 0. The van der Waals surface area contributed by atoms with Gasteiger partial charge in [-0.3, -0.25) is 9.59 Å². The first-order valence-corrected chi connectivity index (χ1v) is 7.57. The number of fused-ring (bicyclic) bond motifs is 1. The summed E-state index contributed by atoms with van der Waals surface area (Å²) in [7, 11) is 3.05. The molecule has 0 saturated carbocycles. The molecule has 24 heavy (non-hydrogen) atoms. The highest BCUT2D eigenvalue weighted by Crippen LogP contribution is 2.13. The highest BCUT2D eigenvalue weighted by molar-refractivity contribution is 5.98. The molecule has 0 atom stereocenters. The molecule has 0 spiro atoms. The molecule has 2 aromatic rings. The van der Waals surface area contributed by atoms with Crippen molar-refractivity contribution in [1.29, 1.82) is 0 Å². The summed E-state index contributed by atoms with van der Waals surface area (Å²) < 4.78 is 10.0. The second-order valence-electron chi connectivity index (χ2n) is 5.34. The molecule has 1 N–H and O–H groups in total. The van der Waals surface area contributed by atoms with Gasteiger partial charge >= 0.3 is 5.63 Å². The largest absolute Gasteiger partial charge is 0.422 e. The number of nitrogens with one attached hydrogen (secondary N) is 1. The van der Waals surface area contributed by atoms with Gasteiger partial charge in [0, 0.05) is 32.7 Å². The van der Waals surface area contributed by atoms with Gasteiger partial charge in [-0.25, -0.2) is 4.79 Å². The van der Waals surface area contributed by atoms with Gasteiger partial charge in [0.15, 0.2) is 0 Å². The summed E-state index contributed by atoms with van der Waals surface area (Å²) in [6, 6.07) is 8.41. The number of carbonyl (C=O) groups excluding carboxylic acids is 2. The summed E-state index contributed by atoms with van der Waals surface area (Å²) in [6.07, 6.45) is 0.689. The first-order valence-electron chi connectivity index (χ1n) is 7.57. The number of carbonyl (C=O) groups is 2. The summed E-state index contributed by atoms with van der Waals surface area (Å²) in [5.74, 6) is -0.853. The molecule has 0 fully saturated rings. The van der Waals surface area contributed by atoms with Crippen molar-refractivity contribution >= 4 is 22.8 Å². The summed E-state index contributed by atoms with van der Waals surface area (Å²) in [6.45, 7) is 0.873. The number of methoxy groups -OCH3 is 1. The lowest BCUT2D eigenvalue weighted by Crippen LogP contribution is -2.40. The third-order valence-electron chi connectivity index (χ3n) is 3.45. The van der Waals surface area contributed by atoms with E-state index < -0.39 is 11.5 Å². The Morgan fingerprint density at radius 1 is 1.29 bits per heavy atom. The first-order chi connectivity index (χ1) is 11.5. The van der Waals surface area contributed by atoms with E-state index in [4.69, 9.17) is 9.15 Å². The molecule has 1 aromatic carbocycles. The van der Waals surface area contributed by atoms with Crippen molar-refractivity contribution in [3.8, 4) is 0 Å². The summed E-state index contributed by atoms with van der Waals surface area (Å²) in [5.41, 5.74) is -0.396. The van der Waals surface area contributed by atoms with Crippen LogP contribution in [-0.4, -0.2) is 50.6 Å². The lowest BCUT2D eigenvalue weighted by molar-refractivity contribution is -0.121. The van der Waals surface area contributed by atoms with Gasteiger partial charge in [-0.1, -0.05) is 18.2 Å².